The van der Waals surface area contributed by atoms with Crippen molar-refractivity contribution in [1.29, 1.82) is 0 Å². The van der Waals surface area contributed by atoms with Crippen molar-refractivity contribution in [3.8, 4) is 0 Å². The number of aliphatic hydroxyl groups is 5. The molecular weight excluding hydrogens is 1040 g/mol. The predicted molar refractivity (Wildman–Crippen MR) is 347 cm³/mol. The predicted octanol–water partition coefficient (Wildman–Crippen LogP) is 16.8. The van der Waals surface area contributed by atoms with E-state index >= 15 is 0 Å². The Hall–Kier alpha value is -3.68. The van der Waals surface area contributed by atoms with Gasteiger partial charge in [0.15, 0.2) is 12.4 Å². The number of allylic oxidation sites excluding steroid dienone is 17. The highest BCUT2D eigenvalue weighted by molar-refractivity contribution is 5.80. The van der Waals surface area contributed by atoms with Crippen LogP contribution in [-0.4, -0.2) is 99.6 Å². The van der Waals surface area contributed by atoms with E-state index in [1.54, 1.807) is 6.08 Å². The lowest BCUT2D eigenvalue weighted by Gasteiger charge is -2.41. The van der Waals surface area contributed by atoms with E-state index in [4.69, 9.17) is 14.2 Å². The van der Waals surface area contributed by atoms with Crippen LogP contribution in [0.15, 0.2) is 109 Å². The lowest BCUT2D eigenvalue weighted by atomic mass is 9.99. The summed E-state index contributed by atoms with van der Waals surface area (Å²) in [7, 11) is 0. The molecule has 1 rings (SSSR count). The van der Waals surface area contributed by atoms with Crippen LogP contribution in [0.4, 0.5) is 0 Å². The second-order valence-electron chi connectivity index (χ2n) is 22.8. The first-order chi connectivity index (χ1) is 40.7. The maximum absolute atomic E-state index is 13.4. The van der Waals surface area contributed by atoms with Gasteiger partial charge in [-0.05, 0) is 103 Å². The van der Waals surface area contributed by atoms with Gasteiger partial charge in [0.25, 0.3) is 0 Å². The molecule has 83 heavy (non-hydrogen) atoms. The summed E-state index contributed by atoms with van der Waals surface area (Å²) in [4.78, 5) is 26.6. The summed E-state index contributed by atoms with van der Waals surface area (Å²) in [5.74, 6) is -1.26. The number of rotatable bonds is 56. The highest BCUT2D eigenvalue weighted by atomic mass is 16.7. The van der Waals surface area contributed by atoms with Gasteiger partial charge in [0.2, 0.25) is 5.91 Å². The van der Waals surface area contributed by atoms with Crippen molar-refractivity contribution >= 4 is 11.9 Å². The van der Waals surface area contributed by atoms with Crippen LogP contribution >= 0.6 is 0 Å². The summed E-state index contributed by atoms with van der Waals surface area (Å²) in [6, 6.07) is -1.06. The number of unbranched alkanes of at least 4 members (excludes halogenated alkanes) is 26. The number of esters is 1. The fourth-order valence-corrected chi connectivity index (χ4v) is 9.87. The van der Waals surface area contributed by atoms with Gasteiger partial charge in [-0.1, -0.05) is 271 Å². The Bertz CT molecular complexity index is 1770. The summed E-state index contributed by atoms with van der Waals surface area (Å²) < 4.78 is 17.6. The van der Waals surface area contributed by atoms with Crippen molar-refractivity contribution in [1.82, 2.24) is 5.32 Å². The van der Waals surface area contributed by atoms with Crippen molar-refractivity contribution in [2.24, 2.45) is 0 Å². The fourth-order valence-electron chi connectivity index (χ4n) is 9.87. The summed E-state index contributed by atoms with van der Waals surface area (Å²) in [5.41, 5.74) is 0. The van der Waals surface area contributed by atoms with E-state index in [9.17, 15) is 35.1 Å². The van der Waals surface area contributed by atoms with Crippen LogP contribution in [0.2, 0.25) is 0 Å². The van der Waals surface area contributed by atoms with Crippen molar-refractivity contribution in [2.45, 2.75) is 320 Å². The van der Waals surface area contributed by atoms with Crippen LogP contribution < -0.4 is 5.32 Å². The van der Waals surface area contributed by atoms with Crippen LogP contribution in [0.5, 0.6) is 0 Å². The van der Waals surface area contributed by atoms with Crippen LogP contribution in [-0.2, 0) is 23.8 Å². The Morgan fingerprint density at radius 3 is 1.33 bits per heavy atom. The normalized spacial score (nSPS) is 19.3. The van der Waals surface area contributed by atoms with Gasteiger partial charge in [-0.2, -0.15) is 0 Å². The number of carbonyl (C=O) groups is 2. The zero-order valence-electron chi connectivity index (χ0n) is 52.8. The molecule has 0 spiro atoms. The molecule has 1 fully saturated rings. The molecule has 11 heteroatoms. The van der Waals surface area contributed by atoms with Crippen LogP contribution in [0.1, 0.15) is 271 Å². The van der Waals surface area contributed by atoms with Crippen LogP contribution in [0, 0.1) is 0 Å². The average molecular weight is 1160 g/mol. The highest BCUT2D eigenvalue weighted by Gasteiger charge is 2.47. The maximum Gasteiger partial charge on any atom is 0.306 e. The van der Waals surface area contributed by atoms with Crippen molar-refractivity contribution in [3.05, 3.63) is 109 Å². The number of amides is 1. The SMILES string of the molecule is CC/C=C\C/C=C\C/C=C\C/C=C\C/C=C\CCC(O)C(=O)NC(COC1OC(CO)C(O)C(O)C1OC(=O)CCCCCCCCCCCCCC/C=C\C/C=C\C/C=C\CCCCC)C(O)/C=C/CCCCCCCCCCCCC. The van der Waals surface area contributed by atoms with Crippen LogP contribution in [0.25, 0.3) is 0 Å². The Kier molecular flexibility index (Phi) is 54.7. The number of carbonyl (C=O) groups excluding carboxylic acids is 2. The Labute approximate surface area is 507 Å². The lowest BCUT2D eigenvalue weighted by molar-refractivity contribution is -0.305. The minimum atomic E-state index is -1.63. The third kappa shape index (κ3) is 46.2. The van der Waals surface area contributed by atoms with Crippen molar-refractivity contribution in [2.75, 3.05) is 13.2 Å². The van der Waals surface area contributed by atoms with Gasteiger partial charge in [-0.3, -0.25) is 9.59 Å². The average Bonchev–Trinajstić information content (AvgIpc) is 3.67. The summed E-state index contributed by atoms with van der Waals surface area (Å²) in [6.45, 7) is 5.62. The molecular formula is C72H123NO10. The molecule has 8 unspecified atom stereocenters. The van der Waals surface area contributed by atoms with E-state index in [0.29, 0.717) is 12.8 Å². The first-order valence-corrected chi connectivity index (χ1v) is 33.7. The molecule has 0 aliphatic carbocycles. The van der Waals surface area contributed by atoms with Crippen molar-refractivity contribution in [3.63, 3.8) is 0 Å². The largest absolute Gasteiger partial charge is 0.454 e. The zero-order chi connectivity index (χ0) is 60.3. The fraction of sp³-hybridized carbons (Fsp3) is 0.722. The number of hydrogen-bond donors (Lipinski definition) is 6. The number of nitrogens with one attached hydrogen (secondary N) is 1. The van der Waals surface area contributed by atoms with Gasteiger partial charge >= 0.3 is 5.97 Å². The summed E-state index contributed by atoms with van der Waals surface area (Å²) in [6.07, 6.45) is 69.9. The van der Waals surface area contributed by atoms with E-state index in [1.807, 2.05) is 18.2 Å². The van der Waals surface area contributed by atoms with E-state index < -0.39 is 67.4 Å². The molecule has 0 bridgehead atoms. The minimum Gasteiger partial charge on any atom is -0.454 e. The molecule has 0 aromatic heterocycles. The molecule has 0 aromatic rings. The van der Waals surface area contributed by atoms with Crippen LogP contribution in [0.3, 0.4) is 0 Å². The molecule has 0 radical (unpaired) electrons. The molecule has 1 saturated heterocycles. The third-order valence-electron chi connectivity index (χ3n) is 15.2. The monoisotopic (exact) mass is 1160 g/mol. The Morgan fingerprint density at radius 1 is 0.482 bits per heavy atom. The highest BCUT2D eigenvalue weighted by Crippen LogP contribution is 2.26. The molecule has 476 valence electrons. The third-order valence-corrected chi connectivity index (χ3v) is 15.2. The van der Waals surface area contributed by atoms with Gasteiger partial charge < -0.3 is 45.1 Å². The van der Waals surface area contributed by atoms with Crippen molar-refractivity contribution < 1.29 is 49.3 Å². The first-order valence-electron chi connectivity index (χ1n) is 33.7. The molecule has 0 saturated carbocycles. The zero-order valence-corrected chi connectivity index (χ0v) is 52.8. The molecule has 1 aliphatic heterocycles. The first kappa shape index (κ1) is 77.3. The molecule has 6 N–H and O–H groups in total. The van der Waals surface area contributed by atoms with E-state index in [-0.39, 0.29) is 19.4 Å². The Balaban J connectivity index is 2.64. The number of ether oxygens (including phenoxy) is 3. The maximum atomic E-state index is 13.4. The van der Waals surface area contributed by atoms with Gasteiger partial charge in [0, 0.05) is 6.42 Å². The number of aliphatic hydroxyl groups excluding tert-OH is 5. The summed E-state index contributed by atoms with van der Waals surface area (Å²) in [5, 5.41) is 57.0. The summed E-state index contributed by atoms with van der Waals surface area (Å²) >= 11 is 0. The van der Waals surface area contributed by atoms with E-state index in [1.165, 1.54) is 128 Å². The molecule has 1 aliphatic rings. The molecule has 1 heterocycles. The lowest BCUT2D eigenvalue weighted by Crippen LogP contribution is -2.61. The van der Waals surface area contributed by atoms with E-state index in [2.05, 4.69) is 111 Å². The smallest absolute Gasteiger partial charge is 0.306 e. The molecule has 1 amide bonds. The quantitative estimate of drug-likeness (QED) is 0.0195. The van der Waals surface area contributed by atoms with Gasteiger partial charge in [-0.15, -0.1) is 0 Å². The number of hydrogen-bond acceptors (Lipinski definition) is 10. The second-order valence-corrected chi connectivity index (χ2v) is 22.8. The van der Waals surface area contributed by atoms with E-state index in [0.717, 1.165) is 96.3 Å². The van der Waals surface area contributed by atoms with Gasteiger partial charge in [-0.25, -0.2) is 0 Å². The molecule has 8 atom stereocenters. The molecule has 0 aromatic carbocycles. The standard InChI is InChI=1S/C72H123NO10/c1-4-7-10-13-16-19-22-25-27-29-30-31-32-33-34-35-36-37-39-42-45-48-51-54-57-60-67(77)83-70-69(79)68(78)66(61-74)82-72(70)81-62-63(64(75)58-55-52-49-46-43-40-24-21-18-15-12-9-6-3)73-71(80)65(76)59-56-53-50-47-44-41-38-28-26-23-20-17-14-11-8-5-2/h8,11,16-17,19-20,25-28,30-31,41,44,50,53,55,58,63-66,68-70,72,74-76,78-79H,4-7,9-10,12-15,18,21-24,29,32-40,42-43,45-49,51-52,54,56-57,59-62H2,1-3H3,(H,73,80)/b11-8-,19-16-,20-17-,27-25-,28-26-,31-30-,44-41-,53-50-,58-55+. The van der Waals surface area contributed by atoms with Gasteiger partial charge in [0.05, 0.1) is 25.4 Å². The molecule has 11 nitrogen and oxygen atoms in total. The topological polar surface area (TPSA) is 175 Å². The van der Waals surface area contributed by atoms with Gasteiger partial charge in [0.1, 0.15) is 24.4 Å². The second kappa shape index (κ2) is 58.7. The Morgan fingerprint density at radius 2 is 0.867 bits per heavy atom. The minimum absolute atomic E-state index is 0.109.